The fourth-order valence-electron chi connectivity index (χ4n) is 1.91. The lowest BCUT2D eigenvalue weighted by molar-refractivity contribution is -0.119. The Hall–Kier alpha value is -1.71. The number of benzene rings is 1. The maximum Gasteiger partial charge on any atom is 0.220 e. The number of amides is 1. The number of carbonyl (C=O) groups excluding carboxylic acids is 1. The largest absolute Gasteiger partial charge is 0.397 e. The van der Waals surface area contributed by atoms with Crippen molar-refractivity contribution in [3.63, 3.8) is 0 Å². The number of hydrogen-bond donors (Lipinski definition) is 3. The predicted molar refractivity (Wildman–Crippen MR) is 65.2 cm³/mol. The van der Waals surface area contributed by atoms with Crippen LogP contribution in [0.3, 0.4) is 0 Å². The SMILES string of the molecule is Cc1ccc(NCC2CCC(=O)N2)c(N)c1. The minimum Gasteiger partial charge on any atom is -0.397 e. The molecular formula is C12H17N3O. The van der Waals surface area contributed by atoms with Crippen LogP contribution in [0.1, 0.15) is 18.4 Å². The first-order chi connectivity index (χ1) is 7.65. The molecule has 1 saturated heterocycles. The van der Waals surface area contributed by atoms with Gasteiger partial charge in [-0.3, -0.25) is 4.79 Å². The summed E-state index contributed by atoms with van der Waals surface area (Å²) in [6.07, 6.45) is 1.54. The number of nitrogens with two attached hydrogens (primary N) is 1. The summed E-state index contributed by atoms with van der Waals surface area (Å²) in [6.45, 7) is 2.75. The Balaban J connectivity index is 1.92. The summed E-state index contributed by atoms with van der Waals surface area (Å²) in [6, 6.07) is 6.16. The normalized spacial score (nSPS) is 19.6. The molecule has 4 heteroatoms. The molecule has 0 aromatic heterocycles. The van der Waals surface area contributed by atoms with E-state index in [4.69, 9.17) is 5.73 Å². The maximum absolute atomic E-state index is 11.0. The highest BCUT2D eigenvalue weighted by Gasteiger charge is 2.20. The van der Waals surface area contributed by atoms with E-state index in [1.165, 1.54) is 0 Å². The monoisotopic (exact) mass is 219 g/mol. The third-order valence-electron chi connectivity index (χ3n) is 2.83. The zero-order valence-electron chi connectivity index (χ0n) is 9.42. The van der Waals surface area contributed by atoms with Crippen LogP contribution in [0.4, 0.5) is 11.4 Å². The lowest BCUT2D eigenvalue weighted by atomic mass is 10.2. The molecule has 0 saturated carbocycles. The van der Waals surface area contributed by atoms with Crippen molar-refractivity contribution in [2.45, 2.75) is 25.8 Å². The highest BCUT2D eigenvalue weighted by molar-refractivity contribution is 5.78. The van der Waals surface area contributed by atoms with Crippen molar-refractivity contribution < 1.29 is 4.79 Å². The molecule has 0 bridgehead atoms. The molecule has 4 nitrogen and oxygen atoms in total. The van der Waals surface area contributed by atoms with Crippen molar-refractivity contribution in [1.29, 1.82) is 0 Å². The zero-order valence-corrected chi connectivity index (χ0v) is 9.42. The van der Waals surface area contributed by atoms with E-state index in [-0.39, 0.29) is 11.9 Å². The first-order valence-corrected chi connectivity index (χ1v) is 5.54. The summed E-state index contributed by atoms with van der Waals surface area (Å²) in [5.74, 6) is 0.142. The van der Waals surface area contributed by atoms with E-state index >= 15 is 0 Å². The molecule has 1 atom stereocenters. The van der Waals surface area contributed by atoms with Crippen molar-refractivity contribution >= 4 is 17.3 Å². The van der Waals surface area contributed by atoms with Gasteiger partial charge in [0.05, 0.1) is 11.4 Å². The third-order valence-corrected chi connectivity index (χ3v) is 2.83. The summed E-state index contributed by atoms with van der Waals surface area (Å²) in [4.78, 5) is 11.0. The summed E-state index contributed by atoms with van der Waals surface area (Å²) < 4.78 is 0. The smallest absolute Gasteiger partial charge is 0.220 e. The second-order valence-corrected chi connectivity index (χ2v) is 4.27. The average Bonchev–Trinajstić information content (AvgIpc) is 2.63. The third kappa shape index (κ3) is 2.45. The molecule has 1 aromatic rings. The molecule has 86 valence electrons. The van der Waals surface area contributed by atoms with Crippen molar-refractivity contribution in [3.05, 3.63) is 23.8 Å². The van der Waals surface area contributed by atoms with Crippen LogP contribution in [0.5, 0.6) is 0 Å². The molecule has 1 heterocycles. The van der Waals surface area contributed by atoms with Gasteiger partial charge in [0.1, 0.15) is 0 Å². The molecule has 1 unspecified atom stereocenters. The Bertz CT molecular complexity index is 403. The summed E-state index contributed by atoms with van der Waals surface area (Å²) >= 11 is 0. The molecule has 4 N–H and O–H groups in total. The Kier molecular flexibility index (Phi) is 2.99. The molecule has 1 aliphatic rings. The Morgan fingerprint density at radius 2 is 2.38 bits per heavy atom. The van der Waals surface area contributed by atoms with Gasteiger partial charge in [-0.1, -0.05) is 6.07 Å². The molecule has 1 aromatic carbocycles. The van der Waals surface area contributed by atoms with Crippen LogP contribution in [0.15, 0.2) is 18.2 Å². The van der Waals surface area contributed by atoms with E-state index in [1.807, 2.05) is 25.1 Å². The van der Waals surface area contributed by atoms with Crippen LogP contribution >= 0.6 is 0 Å². The van der Waals surface area contributed by atoms with Crippen LogP contribution in [0.25, 0.3) is 0 Å². The minimum absolute atomic E-state index is 0.142. The van der Waals surface area contributed by atoms with Gasteiger partial charge in [0, 0.05) is 19.0 Å². The van der Waals surface area contributed by atoms with Gasteiger partial charge in [-0.25, -0.2) is 0 Å². The van der Waals surface area contributed by atoms with E-state index in [2.05, 4.69) is 10.6 Å². The molecule has 1 amide bonds. The first kappa shape index (κ1) is 10.8. The first-order valence-electron chi connectivity index (χ1n) is 5.54. The molecular weight excluding hydrogens is 202 g/mol. The number of anilines is 2. The van der Waals surface area contributed by atoms with Crippen molar-refractivity contribution in [1.82, 2.24) is 5.32 Å². The lowest BCUT2D eigenvalue weighted by Crippen LogP contribution is -2.31. The molecule has 0 spiro atoms. The lowest BCUT2D eigenvalue weighted by Gasteiger charge is -2.14. The van der Waals surface area contributed by atoms with Gasteiger partial charge in [-0.15, -0.1) is 0 Å². The van der Waals surface area contributed by atoms with Crippen LogP contribution in [-0.2, 0) is 4.79 Å². The number of aryl methyl sites for hydroxylation is 1. The second kappa shape index (κ2) is 4.43. The van der Waals surface area contributed by atoms with E-state index in [1.54, 1.807) is 0 Å². The Morgan fingerprint density at radius 1 is 1.56 bits per heavy atom. The van der Waals surface area contributed by atoms with E-state index in [0.29, 0.717) is 6.42 Å². The van der Waals surface area contributed by atoms with Crippen molar-refractivity contribution in [2.75, 3.05) is 17.6 Å². The van der Waals surface area contributed by atoms with Gasteiger partial charge in [-0.05, 0) is 31.0 Å². The van der Waals surface area contributed by atoms with Gasteiger partial charge < -0.3 is 16.4 Å². The van der Waals surface area contributed by atoms with E-state index < -0.39 is 0 Å². The number of nitrogens with one attached hydrogen (secondary N) is 2. The maximum atomic E-state index is 11.0. The van der Waals surface area contributed by atoms with Crippen molar-refractivity contribution in [3.8, 4) is 0 Å². The Labute approximate surface area is 95.2 Å². The Morgan fingerprint density at radius 3 is 3.00 bits per heavy atom. The number of carbonyl (C=O) groups is 1. The number of nitrogen functional groups attached to an aromatic ring is 1. The minimum atomic E-state index is 0.142. The zero-order chi connectivity index (χ0) is 11.5. The van der Waals surface area contributed by atoms with E-state index in [0.717, 1.165) is 29.9 Å². The quantitative estimate of drug-likeness (QED) is 0.671. The topological polar surface area (TPSA) is 67.2 Å². The van der Waals surface area contributed by atoms with Gasteiger partial charge in [0.25, 0.3) is 0 Å². The fraction of sp³-hybridized carbons (Fsp3) is 0.417. The molecule has 0 radical (unpaired) electrons. The number of hydrogen-bond acceptors (Lipinski definition) is 3. The molecule has 0 aliphatic carbocycles. The van der Waals surface area contributed by atoms with Crippen LogP contribution in [0, 0.1) is 6.92 Å². The standard InChI is InChI=1S/C12H17N3O/c1-8-2-4-11(10(13)6-8)14-7-9-3-5-12(16)15-9/h2,4,6,9,14H,3,5,7,13H2,1H3,(H,15,16). The van der Waals surface area contributed by atoms with E-state index in [9.17, 15) is 4.79 Å². The fourth-order valence-corrected chi connectivity index (χ4v) is 1.91. The van der Waals surface area contributed by atoms with Crippen LogP contribution in [-0.4, -0.2) is 18.5 Å². The summed E-state index contributed by atoms with van der Waals surface area (Å²) in [7, 11) is 0. The second-order valence-electron chi connectivity index (χ2n) is 4.27. The van der Waals surface area contributed by atoms with Gasteiger partial charge in [-0.2, -0.15) is 0 Å². The van der Waals surface area contributed by atoms with Gasteiger partial charge in [0.2, 0.25) is 5.91 Å². The average molecular weight is 219 g/mol. The predicted octanol–water partition coefficient (Wildman–Crippen LogP) is 1.27. The van der Waals surface area contributed by atoms with Gasteiger partial charge >= 0.3 is 0 Å². The molecule has 1 aliphatic heterocycles. The summed E-state index contributed by atoms with van der Waals surface area (Å²) in [5, 5.41) is 6.18. The molecule has 2 rings (SSSR count). The number of rotatable bonds is 3. The van der Waals surface area contributed by atoms with Crippen LogP contribution in [0.2, 0.25) is 0 Å². The summed E-state index contributed by atoms with van der Waals surface area (Å²) in [5.41, 5.74) is 8.72. The highest BCUT2D eigenvalue weighted by Crippen LogP contribution is 2.19. The molecule has 16 heavy (non-hydrogen) atoms. The van der Waals surface area contributed by atoms with Crippen molar-refractivity contribution in [2.24, 2.45) is 0 Å². The van der Waals surface area contributed by atoms with Gasteiger partial charge in [0.15, 0.2) is 0 Å². The van der Waals surface area contributed by atoms with Crippen LogP contribution < -0.4 is 16.4 Å². The highest BCUT2D eigenvalue weighted by atomic mass is 16.1. The molecule has 1 fully saturated rings.